The average molecular weight is 453 g/mol. The second-order valence-corrected chi connectivity index (χ2v) is 8.08. The number of aromatic nitrogens is 3. The van der Waals surface area contributed by atoms with E-state index in [0.29, 0.717) is 16.9 Å². The number of pyridine rings is 1. The molecule has 0 fully saturated rings. The van der Waals surface area contributed by atoms with Crippen LogP contribution in [0.2, 0.25) is 5.02 Å². The molecule has 0 aliphatic heterocycles. The summed E-state index contributed by atoms with van der Waals surface area (Å²) in [6.45, 7) is 3.80. The molecule has 32 heavy (non-hydrogen) atoms. The van der Waals surface area contributed by atoms with Crippen molar-refractivity contribution in [3.05, 3.63) is 86.5 Å². The van der Waals surface area contributed by atoms with E-state index >= 15 is 0 Å². The average Bonchev–Trinajstić information content (AvgIpc) is 3.13. The van der Waals surface area contributed by atoms with Crippen LogP contribution in [0.5, 0.6) is 0 Å². The first kappa shape index (κ1) is 21.8. The molecule has 0 saturated heterocycles. The first-order valence-corrected chi connectivity index (χ1v) is 10.5. The van der Waals surface area contributed by atoms with Gasteiger partial charge in [-0.05, 0) is 56.2 Å². The van der Waals surface area contributed by atoms with Crippen molar-refractivity contribution >= 4 is 34.2 Å². The summed E-state index contributed by atoms with van der Waals surface area (Å²) in [6, 6.07) is 13.6. The van der Waals surface area contributed by atoms with Gasteiger partial charge in [-0.3, -0.25) is 14.2 Å². The lowest BCUT2D eigenvalue weighted by molar-refractivity contribution is -0.116. The Balaban J connectivity index is 1.65. The maximum absolute atomic E-state index is 13.3. The number of fused-ring (bicyclic) bond motifs is 1. The van der Waals surface area contributed by atoms with Gasteiger partial charge in [-0.25, -0.2) is 9.07 Å². The zero-order valence-corrected chi connectivity index (χ0v) is 18.7. The van der Waals surface area contributed by atoms with E-state index < -0.39 is 5.82 Å². The van der Waals surface area contributed by atoms with Gasteiger partial charge < -0.3 is 5.32 Å². The molecule has 8 heteroatoms. The Hall–Kier alpha value is -3.45. The number of hydrogen-bond donors (Lipinski definition) is 1. The highest BCUT2D eigenvalue weighted by Crippen LogP contribution is 2.26. The lowest BCUT2D eigenvalue weighted by Crippen LogP contribution is -2.25. The molecule has 0 aliphatic carbocycles. The fraction of sp³-hybridized carbons (Fsp3) is 0.208. The van der Waals surface area contributed by atoms with E-state index in [9.17, 15) is 14.0 Å². The summed E-state index contributed by atoms with van der Waals surface area (Å²) in [6.07, 6.45) is 0.369. The van der Waals surface area contributed by atoms with Gasteiger partial charge in [0.25, 0.3) is 5.56 Å². The molecular formula is C24H22ClFN4O2. The molecule has 4 aromatic rings. The maximum atomic E-state index is 13.3. The molecular weight excluding hydrogens is 431 g/mol. The summed E-state index contributed by atoms with van der Waals surface area (Å²) in [5, 5.41) is 8.19. The monoisotopic (exact) mass is 452 g/mol. The van der Waals surface area contributed by atoms with Crippen molar-refractivity contribution in [1.29, 1.82) is 0 Å². The number of aryl methyl sites for hydroxylation is 3. The van der Waals surface area contributed by atoms with E-state index in [0.717, 1.165) is 22.3 Å². The zero-order chi connectivity index (χ0) is 23.0. The van der Waals surface area contributed by atoms with Gasteiger partial charge in [0.1, 0.15) is 11.5 Å². The highest BCUT2D eigenvalue weighted by Gasteiger charge is 2.20. The molecule has 1 N–H and O–H groups in total. The van der Waals surface area contributed by atoms with Crippen LogP contribution in [-0.4, -0.2) is 20.3 Å². The van der Waals surface area contributed by atoms with Crippen molar-refractivity contribution < 1.29 is 9.18 Å². The van der Waals surface area contributed by atoms with Gasteiger partial charge in [0.05, 0.1) is 16.4 Å². The normalized spacial score (nSPS) is 11.2. The maximum Gasteiger partial charge on any atom is 0.255 e. The van der Waals surface area contributed by atoms with Crippen LogP contribution in [0.1, 0.15) is 23.2 Å². The minimum Gasteiger partial charge on any atom is -0.326 e. The minimum atomic E-state index is -0.552. The fourth-order valence-corrected chi connectivity index (χ4v) is 4.13. The van der Waals surface area contributed by atoms with Crippen molar-refractivity contribution in [2.75, 3.05) is 5.32 Å². The number of amides is 1. The lowest BCUT2D eigenvalue weighted by atomic mass is 10.0. The Labute approximate surface area is 189 Å². The second kappa shape index (κ2) is 8.59. The van der Waals surface area contributed by atoms with Crippen LogP contribution in [0.3, 0.4) is 0 Å². The lowest BCUT2D eigenvalue weighted by Gasteiger charge is -2.13. The van der Waals surface area contributed by atoms with Crippen LogP contribution in [0.4, 0.5) is 10.1 Å². The molecule has 2 heterocycles. The summed E-state index contributed by atoms with van der Waals surface area (Å²) < 4.78 is 16.7. The Morgan fingerprint density at radius 3 is 2.56 bits per heavy atom. The van der Waals surface area contributed by atoms with E-state index in [4.69, 9.17) is 11.6 Å². The third-order valence-electron chi connectivity index (χ3n) is 5.55. The number of halogens is 2. The molecule has 0 saturated carbocycles. The van der Waals surface area contributed by atoms with Crippen molar-refractivity contribution in [3.63, 3.8) is 0 Å². The summed E-state index contributed by atoms with van der Waals surface area (Å²) in [5.41, 5.74) is 4.02. The first-order valence-electron chi connectivity index (χ1n) is 10.2. The Kier molecular flexibility index (Phi) is 5.84. The molecule has 1 amide bonds. The van der Waals surface area contributed by atoms with E-state index in [1.54, 1.807) is 16.3 Å². The number of nitrogens with one attached hydrogen (secondary N) is 1. The third-order valence-corrected chi connectivity index (χ3v) is 5.84. The van der Waals surface area contributed by atoms with E-state index in [1.807, 2.05) is 44.2 Å². The number of carbonyl (C=O) groups excluding carboxylic acids is 1. The van der Waals surface area contributed by atoms with Crippen molar-refractivity contribution in [2.45, 2.75) is 26.7 Å². The SMILES string of the molecule is Cc1nn(-c2ccccc2)c2c1c(C)c(CCC(=O)Nc1ccc(F)c(Cl)c1)c(=O)n2C. The Morgan fingerprint density at radius 2 is 1.88 bits per heavy atom. The molecule has 4 rings (SSSR count). The molecule has 0 unspecified atom stereocenters. The van der Waals surface area contributed by atoms with Gasteiger partial charge in [-0.1, -0.05) is 29.8 Å². The predicted molar refractivity (Wildman–Crippen MR) is 124 cm³/mol. The highest BCUT2D eigenvalue weighted by molar-refractivity contribution is 6.31. The first-order chi connectivity index (χ1) is 15.3. The number of nitrogens with zero attached hydrogens (tertiary/aromatic N) is 3. The number of benzene rings is 2. The quantitative estimate of drug-likeness (QED) is 0.477. The van der Waals surface area contributed by atoms with Crippen LogP contribution in [0, 0.1) is 19.7 Å². The number of para-hydroxylation sites is 1. The van der Waals surface area contributed by atoms with Gasteiger partial charge in [0.2, 0.25) is 5.91 Å². The number of carbonyl (C=O) groups is 1. The zero-order valence-electron chi connectivity index (χ0n) is 17.9. The Morgan fingerprint density at radius 1 is 1.16 bits per heavy atom. The van der Waals surface area contributed by atoms with Crippen LogP contribution in [-0.2, 0) is 18.3 Å². The van der Waals surface area contributed by atoms with Crippen LogP contribution < -0.4 is 10.9 Å². The van der Waals surface area contributed by atoms with Crippen molar-refractivity contribution in [3.8, 4) is 5.69 Å². The second-order valence-electron chi connectivity index (χ2n) is 7.68. The Bertz CT molecular complexity index is 1390. The van der Waals surface area contributed by atoms with Crippen LogP contribution in [0.25, 0.3) is 16.7 Å². The molecule has 0 aliphatic rings. The highest BCUT2D eigenvalue weighted by atomic mass is 35.5. The summed E-state index contributed by atoms with van der Waals surface area (Å²) in [7, 11) is 1.72. The van der Waals surface area contributed by atoms with Gasteiger partial charge in [0.15, 0.2) is 0 Å². The molecule has 0 spiro atoms. The third kappa shape index (κ3) is 3.91. The standard InChI is InChI=1S/C24H22ClFN4O2/c1-14-18(10-12-21(31)27-16-9-11-20(26)19(25)13-16)24(32)29(3)23-22(14)15(2)28-30(23)17-7-5-4-6-8-17/h4-9,11,13H,10,12H2,1-3H3,(H,27,31). The van der Waals surface area contributed by atoms with Gasteiger partial charge in [0, 0.05) is 30.1 Å². The number of hydrogen-bond acceptors (Lipinski definition) is 3. The predicted octanol–water partition coefficient (Wildman–Crippen LogP) is 4.70. The smallest absolute Gasteiger partial charge is 0.255 e. The molecule has 164 valence electrons. The number of anilines is 1. The van der Waals surface area contributed by atoms with Gasteiger partial charge in [-0.15, -0.1) is 0 Å². The molecule has 0 bridgehead atoms. The minimum absolute atomic E-state index is 0.0659. The van der Waals surface area contributed by atoms with Crippen molar-refractivity contribution in [2.24, 2.45) is 7.05 Å². The van der Waals surface area contributed by atoms with E-state index in [2.05, 4.69) is 10.4 Å². The molecule has 2 aromatic carbocycles. The van der Waals surface area contributed by atoms with E-state index in [1.165, 1.54) is 18.2 Å². The largest absolute Gasteiger partial charge is 0.326 e. The molecule has 2 aromatic heterocycles. The van der Waals surface area contributed by atoms with Crippen molar-refractivity contribution in [1.82, 2.24) is 14.3 Å². The van der Waals surface area contributed by atoms with Gasteiger partial charge in [-0.2, -0.15) is 5.10 Å². The van der Waals surface area contributed by atoms with E-state index in [-0.39, 0.29) is 29.3 Å². The topological polar surface area (TPSA) is 68.9 Å². The summed E-state index contributed by atoms with van der Waals surface area (Å²) >= 11 is 5.77. The molecule has 0 atom stereocenters. The summed E-state index contributed by atoms with van der Waals surface area (Å²) in [5.74, 6) is -0.838. The van der Waals surface area contributed by atoms with Crippen LogP contribution in [0.15, 0.2) is 53.3 Å². The summed E-state index contributed by atoms with van der Waals surface area (Å²) in [4.78, 5) is 25.6. The molecule has 6 nitrogen and oxygen atoms in total. The van der Waals surface area contributed by atoms with Gasteiger partial charge >= 0.3 is 0 Å². The van der Waals surface area contributed by atoms with Crippen LogP contribution >= 0.6 is 11.6 Å². The molecule has 0 radical (unpaired) electrons. The fourth-order valence-electron chi connectivity index (χ4n) is 3.95. The number of rotatable bonds is 5.